The summed E-state index contributed by atoms with van der Waals surface area (Å²) in [5.41, 5.74) is 0. The SMILES string of the molecule is COC(=O)C1CCN1CC(C)C. The summed E-state index contributed by atoms with van der Waals surface area (Å²) in [5.74, 6) is 0.541. The van der Waals surface area contributed by atoms with E-state index in [2.05, 4.69) is 23.5 Å². The number of rotatable bonds is 3. The van der Waals surface area contributed by atoms with Gasteiger partial charge < -0.3 is 4.74 Å². The van der Waals surface area contributed by atoms with Crippen LogP contribution in [0.2, 0.25) is 0 Å². The third-order valence-electron chi connectivity index (χ3n) is 2.20. The Labute approximate surface area is 73.7 Å². The lowest BCUT2D eigenvalue weighted by atomic mass is 10.0. The van der Waals surface area contributed by atoms with E-state index in [0.29, 0.717) is 5.92 Å². The molecule has 0 aromatic heterocycles. The molecule has 0 saturated carbocycles. The van der Waals surface area contributed by atoms with Crippen LogP contribution < -0.4 is 0 Å². The van der Waals surface area contributed by atoms with Crippen LogP contribution in [0, 0.1) is 5.92 Å². The molecule has 70 valence electrons. The molecule has 1 rings (SSSR count). The number of hydrogen-bond donors (Lipinski definition) is 0. The maximum absolute atomic E-state index is 11.1. The Morgan fingerprint density at radius 3 is 2.67 bits per heavy atom. The van der Waals surface area contributed by atoms with Gasteiger partial charge in [0.05, 0.1) is 7.11 Å². The van der Waals surface area contributed by atoms with Gasteiger partial charge >= 0.3 is 5.97 Å². The van der Waals surface area contributed by atoms with Gasteiger partial charge in [-0.1, -0.05) is 13.8 Å². The van der Waals surface area contributed by atoms with Crippen molar-refractivity contribution in [2.75, 3.05) is 20.2 Å². The molecule has 3 nitrogen and oxygen atoms in total. The predicted octanol–water partition coefficient (Wildman–Crippen LogP) is 0.890. The minimum atomic E-state index is -0.0816. The zero-order valence-corrected chi connectivity index (χ0v) is 8.04. The zero-order valence-electron chi connectivity index (χ0n) is 8.04. The number of ether oxygens (including phenoxy) is 1. The smallest absolute Gasteiger partial charge is 0.323 e. The first-order valence-corrected chi connectivity index (χ1v) is 4.47. The molecule has 0 aromatic rings. The Morgan fingerprint density at radius 2 is 2.33 bits per heavy atom. The highest BCUT2D eigenvalue weighted by molar-refractivity contribution is 5.76. The fraction of sp³-hybridized carbons (Fsp3) is 0.889. The van der Waals surface area contributed by atoms with Crippen molar-refractivity contribution in [2.24, 2.45) is 5.92 Å². The van der Waals surface area contributed by atoms with Crippen molar-refractivity contribution in [1.29, 1.82) is 0 Å². The van der Waals surface area contributed by atoms with E-state index in [0.717, 1.165) is 19.5 Å². The molecule has 1 heterocycles. The molecule has 1 aliphatic rings. The first-order valence-electron chi connectivity index (χ1n) is 4.47. The molecular weight excluding hydrogens is 154 g/mol. The van der Waals surface area contributed by atoms with E-state index in [4.69, 9.17) is 0 Å². The first kappa shape index (κ1) is 9.52. The summed E-state index contributed by atoms with van der Waals surface area (Å²) >= 11 is 0. The van der Waals surface area contributed by atoms with E-state index in [1.54, 1.807) is 0 Å². The second-order valence-corrected chi connectivity index (χ2v) is 3.72. The number of hydrogen-bond acceptors (Lipinski definition) is 3. The van der Waals surface area contributed by atoms with Crippen LogP contribution in [0.15, 0.2) is 0 Å². The van der Waals surface area contributed by atoms with Gasteiger partial charge in [0.15, 0.2) is 0 Å². The van der Waals surface area contributed by atoms with Gasteiger partial charge in [0.1, 0.15) is 6.04 Å². The van der Waals surface area contributed by atoms with Crippen molar-refractivity contribution in [3.63, 3.8) is 0 Å². The Morgan fingerprint density at radius 1 is 1.67 bits per heavy atom. The first-order chi connectivity index (χ1) is 5.65. The molecule has 1 fully saturated rings. The molecule has 3 heteroatoms. The van der Waals surface area contributed by atoms with Crippen LogP contribution in [-0.4, -0.2) is 37.1 Å². The van der Waals surface area contributed by atoms with E-state index >= 15 is 0 Å². The third kappa shape index (κ3) is 1.97. The third-order valence-corrected chi connectivity index (χ3v) is 2.20. The van der Waals surface area contributed by atoms with Crippen molar-refractivity contribution in [3.8, 4) is 0 Å². The van der Waals surface area contributed by atoms with Gasteiger partial charge in [0.2, 0.25) is 0 Å². The molecule has 0 aromatic carbocycles. The van der Waals surface area contributed by atoms with Gasteiger partial charge in [-0.3, -0.25) is 9.69 Å². The van der Waals surface area contributed by atoms with E-state index in [1.807, 2.05) is 0 Å². The average molecular weight is 171 g/mol. The van der Waals surface area contributed by atoms with Gasteiger partial charge in [-0.05, 0) is 12.3 Å². The Bertz CT molecular complexity index is 168. The molecule has 12 heavy (non-hydrogen) atoms. The van der Waals surface area contributed by atoms with E-state index in [-0.39, 0.29) is 12.0 Å². The van der Waals surface area contributed by atoms with E-state index < -0.39 is 0 Å². The van der Waals surface area contributed by atoms with Gasteiger partial charge in [0, 0.05) is 13.1 Å². The van der Waals surface area contributed by atoms with Crippen molar-refractivity contribution in [3.05, 3.63) is 0 Å². The quantitative estimate of drug-likeness (QED) is 0.591. The number of carbonyl (C=O) groups is 1. The Hall–Kier alpha value is -0.570. The van der Waals surface area contributed by atoms with Crippen LogP contribution >= 0.6 is 0 Å². The highest BCUT2D eigenvalue weighted by Gasteiger charge is 2.34. The second-order valence-electron chi connectivity index (χ2n) is 3.72. The van der Waals surface area contributed by atoms with Gasteiger partial charge in [-0.15, -0.1) is 0 Å². The summed E-state index contributed by atoms with van der Waals surface area (Å²) < 4.78 is 4.69. The standard InChI is InChI=1S/C9H17NO2/c1-7(2)6-10-5-4-8(10)9(11)12-3/h7-8H,4-6H2,1-3H3. The lowest BCUT2D eigenvalue weighted by molar-refractivity contribution is -0.152. The molecule has 0 amide bonds. The lowest BCUT2D eigenvalue weighted by Crippen LogP contribution is -2.53. The number of esters is 1. The maximum Gasteiger partial charge on any atom is 0.323 e. The number of likely N-dealkylation sites (tertiary alicyclic amines) is 1. The lowest BCUT2D eigenvalue weighted by Gasteiger charge is -2.39. The summed E-state index contributed by atoms with van der Waals surface area (Å²) in [5, 5.41) is 0. The zero-order chi connectivity index (χ0) is 9.14. The van der Waals surface area contributed by atoms with Crippen LogP contribution in [0.1, 0.15) is 20.3 Å². The molecule has 0 N–H and O–H groups in total. The molecular formula is C9H17NO2. The second kappa shape index (κ2) is 3.90. The van der Waals surface area contributed by atoms with E-state index in [9.17, 15) is 4.79 Å². The van der Waals surface area contributed by atoms with Crippen LogP contribution in [0.25, 0.3) is 0 Å². The maximum atomic E-state index is 11.1. The summed E-state index contributed by atoms with van der Waals surface area (Å²) in [7, 11) is 1.45. The minimum absolute atomic E-state index is 0.0393. The fourth-order valence-electron chi connectivity index (χ4n) is 1.53. The average Bonchev–Trinajstić information content (AvgIpc) is 1.98. The minimum Gasteiger partial charge on any atom is -0.468 e. The highest BCUT2D eigenvalue weighted by atomic mass is 16.5. The molecule has 1 aliphatic heterocycles. The Balaban J connectivity index is 2.33. The fourth-order valence-corrected chi connectivity index (χ4v) is 1.53. The van der Waals surface area contributed by atoms with Crippen LogP contribution in [-0.2, 0) is 9.53 Å². The van der Waals surface area contributed by atoms with Crippen molar-refractivity contribution < 1.29 is 9.53 Å². The molecule has 1 unspecified atom stereocenters. The monoisotopic (exact) mass is 171 g/mol. The van der Waals surface area contributed by atoms with Crippen LogP contribution in [0.3, 0.4) is 0 Å². The molecule has 0 aliphatic carbocycles. The molecule has 0 radical (unpaired) electrons. The van der Waals surface area contributed by atoms with Gasteiger partial charge in [0.25, 0.3) is 0 Å². The molecule has 1 saturated heterocycles. The summed E-state index contributed by atoms with van der Waals surface area (Å²) in [6.07, 6.45) is 0.958. The van der Waals surface area contributed by atoms with Gasteiger partial charge in [-0.25, -0.2) is 0 Å². The van der Waals surface area contributed by atoms with Crippen molar-refractivity contribution in [1.82, 2.24) is 4.90 Å². The molecule has 0 bridgehead atoms. The van der Waals surface area contributed by atoms with Gasteiger partial charge in [-0.2, -0.15) is 0 Å². The number of carbonyl (C=O) groups excluding carboxylic acids is 1. The summed E-state index contributed by atoms with van der Waals surface area (Å²) in [6, 6.07) is 0.0393. The summed E-state index contributed by atoms with van der Waals surface area (Å²) in [4.78, 5) is 13.3. The van der Waals surface area contributed by atoms with Crippen LogP contribution in [0.5, 0.6) is 0 Å². The highest BCUT2D eigenvalue weighted by Crippen LogP contribution is 2.19. The number of methoxy groups -OCH3 is 1. The summed E-state index contributed by atoms with van der Waals surface area (Å²) in [6.45, 7) is 6.36. The molecule has 0 spiro atoms. The van der Waals surface area contributed by atoms with Crippen LogP contribution in [0.4, 0.5) is 0 Å². The van der Waals surface area contributed by atoms with Crippen molar-refractivity contribution >= 4 is 5.97 Å². The predicted molar refractivity (Wildman–Crippen MR) is 46.8 cm³/mol. The van der Waals surface area contributed by atoms with E-state index in [1.165, 1.54) is 7.11 Å². The topological polar surface area (TPSA) is 29.5 Å². The molecule has 1 atom stereocenters. The largest absolute Gasteiger partial charge is 0.468 e. The van der Waals surface area contributed by atoms with Crippen molar-refractivity contribution in [2.45, 2.75) is 26.3 Å². The Kier molecular flexibility index (Phi) is 3.09. The normalized spacial score (nSPS) is 23.8. The number of nitrogens with zero attached hydrogens (tertiary/aromatic N) is 1.